The summed E-state index contributed by atoms with van der Waals surface area (Å²) in [4.78, 5) is 11.9. The average molecular weight is 669 g/mol. The summed E-state index contributed by atoms with van der Waals surface area (Å²) in [6.45, 7) is 14.0. The van der Waals surface area contributed by atoms with Crippen molar-refractivity contribution in [3.63, 3.8) is 0 Å². The van der Waals surface area contributed by atoms with Crippen LogP contribution in [0.4, 0.5) is 0 Å². The van der Waals surface area contributed by atoms with Gasteiger partial charge in [0.05, 0.1) is 57.5 Å². The Labute approximate surface area is 287 Å². The lowest BCUT2D eigenvalue weighted by Crippen LogP contribution is -2.51. The second kappa shape index (κ2) is 17.7. The van der Waals surface area contributed by atoms with Gasteiger partial charge in [-0.1, -0.05) is 56.3 Å². The van der Waals surface area contributed by atoms with Gasteiger partial charge in [-0.25, -0.2) is 4.79 Å². The molecule has 8 atom stereocenters. The number of epoxide rings is 1. The summed E-state index contributed by atoms with van der Waals surface area (Å²) >= 11 is 0. The van der Waals surface area contributed by atoms with E-state index in [2.05, 4.69) is 26.0 Å². The van der Waals surface area contributed by atoms with Crippen LogP contribution in [0.1, 0.15) is 71.9 Å². The maximum Gasteiger partial charge on any atom is 0.330 e. The molecule has 2 fully saturated rings. The van der Waals surface area contributed by atoms with Crippen molar-refractivity contribution in [2.75, 3.05) is 27.4 Å². The first-order valence-electron chi connectivity index (χ1n) is 17.2. The van der Waals surface area contributed by atoms with Crippen LogP contribution in [0.2, 0.25) is 0 Å². The van der Waals surface area contributed by atoms with Gasteiger partial charge >= 0.3 is 5.97 Å². The molecule has 0 aliphatic carbocycles. The first-order chi connectivity index (χ1) is 23.0. The number of carbonyl (C=O) groups excluding carboxylic acids is 1. The molecule has 0 spiro atoms. The second-order valence-electron chi connectivity index (χ2n) is 13.6. The molecule has 2 heterocycles. The average Bonchev–Trinajstić information content (AvgIpc) is 3.77. The zero-order chi connectivity index (χ0) is 34.7. The minimum absolute atomic E-state index is 0.0559. The molecule has 2 aliphatic heterocycles. The lowest BCUT2D eigenvalue weighted by Gasteiger charge is -2.46. The lowest BCUT2D eigenvalue weighted by molar-refractivity contribution is -0.319. The quantitative estimate of drug-likeness (QED) is 0.0676. The minimum Gasteiger partial charge on any atom is -0.497 e. The van der Waals surface area contributed by atoms with Crippen LogP contribution < -0.4 is 4.74 Å². The molecule has 0 bridgehead atoms. The highest BCUT2D eigenvalue weighted by molar-refractivity contribution is 5.82. The van der Waals surface area contributed by atoms with Crippen LogP contribution in [0, 0.1) is 11.8 Å². The van der Waals surface area contributed by atoms with Crippen LogP contribution in [0.3, 0.4) is 0 Å². The molecule has 2 saturated heterocycles. The van der Waals surface area contributed by atoms with Gasteiger partial charge in [0.25, 0.3) is 0 Å². The molecular weight excluding hydrogens is 612 g/mol. The van der Waals surface area contributed by atoms with E-state index in [0.717, 1.165) is 23.3 Å². The van der Waals surface area contributed by atoms with Gasteiger partial charge in [-0.2, -0.15) is 0 Å². The third-order valence-corrected chi connectivity index (χ3v) is 9.44. The van der Waals surface area contributed by atoms with E-state index in [1.54, 1.807) is 27.2 Å². The zero-order valence-corrected chi connectivity index (χ0v) is 30.0. The van der Waals surface area contributed by atoms with Crippen LogP contribution in [0.15, 0.2) is 66.7 Å². The predicted octanol–water partition coefficient (Wildman–Crippen LogP) is 7.05. The van der Waals surface area contributed by atoms with Gasteiger partial charge in [-0.3, -0.25) is 0 Å². The number of rotatable bonds is 19. The van der Waals surface area contributed by atoms with Crippen molar-refractivity contribution in [1.82, 2.24) is 0 Å². The summed E-state index contributed by atoms with van der Waals surface area (Å²) in [5.41, 5.74) is 1.68. The predicted molar refractivity (Wildman–Crippen MR) is 184 cm³/mol. The van der Waals surface area contributed by atoms with Crippen LogP contribution in [-0.2, 0) is 51.2 Å². The molecular formula is C39H56O9. The van der Waals surface area contributed by atoms with Crippen molar-refractivity contribution in [3.05, 3.63) is 77.9 Å². The first-order valence-corrected chi connectivity index (χ1v) is 17.2. The molecule has 0 aromatic heterocycles. The molecule has 9 heteroatoms. The second-order valence-corrected chi connectivity index (χ2v) is 13.6. The maximum atomic E-state index is 11.9. The highest BCUT2D eigenvalue weighted by Gasteiger charge is 2.56. The number of carbonyl (C=O) groups is 1. The van der Waals surface area contributed by atoms with Gasteiger partial charge in [0.2, 0.25) is 0 Å². The normalized spacial score (nSPS) is 26.0. The Bertz CT molecular complexity index is 1280. The van der Waals surface area contributed by atoms with E-state index in [0.29, 0.717) is 39.3 Å². The fourth-order valence-corrected chi connectivity index (χ4v) is 6.56. The highest BCUT2D eigenvalue weighted by atomic mass is 16.7. The van der Waals surface area contributed by atoms with Gasteiger partial charge in [-0.15, -0.1) is 0 Å². The molecule has 0 radical (unpaired) electrons. The molecule has 0 amide bonds. The van der Waals surface area contributed by atoms with E-state index in [4.69, 9.17) is 37.9 Å². The molecule has 48 heavy (non-hydrogen) atoms. The number of hydrogen-bond acceptors (Lipinski definition) is 9. The molecule has 0 N–H and O–H groups in total. The van der Waals surface area contributed by atoms with Crippen molar-refractivity contribution < 1.29 is 42.7 Å². The maximum absolute atomic E-state index is 11.9. The third kappa shape index (κ3) is 11.1. The number of ether oxygens (including phenoxy) is 8. The fourth-order valence-electron chi connectivity index (χ4n) is 6.56. The van der Waals surface area contributed by atoms with Crippen LogP contribution in [0.5, 0.6) is 5.75 Å². The SMILES string of the molecule is CCOC(=O)/C=C/[C@]1(C)O[C@H]1[C@@H](C)[C@H]1C[C@@H]([C@H](C)[C@H](C[C@H](CCOCc2ccccc2)OCc2ccc(OC)cc2)OC)OC(C)(C)O1. The van der Waals surface area contributed by atoms with E-state index < -0.39 is 11.4 Å². The Morgan fingerprint density at radius 2 is 1.62 bits per heavy atom. The molecule has 2 aromatic carbocycles. The third-order valence-electron chi connectivity index (χ3n) is 9.44. The largest absolute Gasteiger partial charge is 0.497 e. The monoisotopic (exact) mass is 668 g/mol. The summed E-state index contributed by atoms with van der Waals surface area (Å²) in [5.74, 6) is -0.201. The van der Waals surface area contributed by atoms with Crippen molar-refractivity contribution in [2.45, 2.75) is 116 Å². The smallest absolute Gasteiger partial charge is 0.330 e. The van der Waals surface area contributed by atoms with E-state index in [-0.39, 0.29) is 48.3 Å². The molecule has 266 valence electrons. The molecule has 0 unspecified atom stereocenters. The van der Waals surface area contributed by atoms with Crippen LogP contribution >= 0.6 is 0 Å². The Kier molecular flexibility index (Phi) is 14.1. The van der Waals surface area contributed by atoms with Crippen molar-refractivity contribution in [3.8, 4) is 5.75 Å². The number of methoxy groups -OCH3 is 2. The molecule has 0 saturated carbocycles. The lowest BCUT2D eigenvalue weighted by atomic mass is 9.84. The first kappa shape index (κ1) is 38.0. The summed E-state index contributed by atoms with van der Waals surface area (Å²) in [5, 5.41) is 0. The topological polar surface area (TPSA) is 94.2 Å². The van der Waals surface area contributed by atoms with Gasteiger partial charge in [0.15, 0.2) is 5.79 Å². The number of hydrogen-bond donors (Lipinski definition) is 0. The number of benzene rings is 2. The van der Waals surface area contributed by atoms with Gasteiger partial charge in [-0.05, 0) is 63.5 Å². The van der Waals surface area contributed by atoms with Crippen molar-refractivity contribution in [1.29, 1.82) is 0 Å². The van der Waals surface area contributed by atoms with E-state index in [1.807, 2.05) is 63.2 Å². The Morgan fingerprint density at radius 3 is 2.29 bits per heavy atom. The van der Waals surface area contributed by atoms with Crippen LogP contribution in [0.25, 0.3) is 0 Å². The summed E-state index contributed by atoms with van der Waals surface area (Å²) in [7, 11) is 3.43. The Morgan fingerprint density at radius 1 is 0.938 bits per heavy atom. The Hall–Kier alpha value is -2.79. The van der Waals surface area contributed by atoms with Gasteiger partial charge in [0.1, 0.15) is 11.4 Å². The molecule has 4 rings (SSSR count). The van der Waals surface area contributed by atoms with Crippen molar-refractivity contribution in [2.24, 2.45) is 11.8 Å². The Balaban J connectivity index is 1.39. The standard InChI is InChI=1S/C39H56O9/c1-9-44-36(40)19-21-39(6)37(48-39)28(3)35-24-34(46-38(4,5)47-35)27(2)33(42-8)23-32(20-22-43-25-29-13-11-10-12-14-29)45-26-30-15-17-31(41-7)18-16-30/h10-19,21,27-28,32-35,37H,9,20,22-26H2,1-8H3/b21-19+/t27-,28+,32+,33+,34+,35-,37+,39+/m1/s1. The summed E-state index contributed by atoms with van der Waals surface area (Å²) < 4.78 is 48.2. The highest BCUT2D eigenvalue weighted by Crippen LogP contribution is 2.47. The van der Waals surface area contributed by atoms with Gasteiger partial charge in [0, 0.05) is 44.5 Å². The molecule has 2 aliphatic rings. The summed E-state index contributed by atoms with van der Waals surface area (Å²) in [6.07, 6.45) is 4.86. The molecule has 2 aromatic rings. The van der Waals surface area contributed by atoms with Crippen LogP contribution in [-0.4, -0.2) is 75.3 Å². The number of esters is 1. The van der Waals surface area contributed by atoms with E-state index in [9.17, 15) is 4.79 Å². The minimum atomic E-state index is -0.782. The fraction of sp³-hybridized carbons (Fsp3) is 0.615. The summed E-state index contributed by atoms with van der Waals surface area (Å²) in [6, 6.07) is 18.1. The van der Waals surface area contributed by atoms with E-state index >= 15 is 0 Å². The zero-order valence-electron chi connectivity index (χ0n) is 30.0. The molecule has 9 nitrogen and oxygen atoms in total. The van der Waals surface area contributed by atoms with Crippen molar-refractivity contribution >= 4 is 5.97 Å². The van der Waals surface area contributed by atoms with Gasteiger partial charge < -0.3 is 37.9 Å². The van der Waals surface area contributed by atoms with E-state index in [1.165, 1.54) is 6.08 Å².